The van der Waals surface area contributed by atoms with E-state index in [0.717, 1.165) is 0 Å². The molecule has 0 bridgehead atoms. The van der Waals surface area contributed by atoms with E-state index in [1.807, 2.05) is 0 Å². The smallest absolute Gasteiger partial charge is 0.161 e. The first-order chi connectivity index (χ1) is 5.65. The molecule has 0 N–H and O–H groups in total. The Hall–Kier alpha value is -0.900. The Balaban J connectivity index is 3.13. The molecule has 3 nitrogen and oxygen atoms in total. The van der Waals surface area contributed by atoms with Crippen LogP contribution in [-0.2, 0) is 0 Å². The summed E-state index contributed by atoms with van der Waals surface area (Å²) >= 11 is 3.19. The van der Waals surface area contributed by atoms with Crippen LogP contribution < -0.4 is 4.74 Å². The van der Waals surface area contributed by atoms with Crippen molar-refractivity contribution in [3.8, 4) is 5.75 Å². The fourth-order valence-corrected chi connectivity index (χ4v) is 1.14. The maximum Gasteiger partial charge on any atom is 0.161 e. The zero-order valence-electron chi connectivity index (χ0n) is 6.80. The Kier molecular flexibility index (Phi) is 2.81. The predicted octanol–water partition coefficient (Wildman–Crippen LogP) is 2.06. The van der Waals surface area contributed by atoms with E-state index < -0.39 is 0 Å². The van der Waals surface area contributed by atoms with E-state index in [2.05, 4.69) is 20.9 Å². The van der Waals surface area contributed by atoms with Crippen LogP contribution in [0.3, 0.4) is 0 Å². The van der Waals surface area contributed by atoms with E-state index in [1.165, 1.54) is 20.2 Å². The van der Waals surface area contributed by atoms with Gasteiger partial charge in [0.25, 0.3) is 0 Å². The van der Waals surface area contributed by atoms with Crippen molar-refractivity contribution in [2.24, 2.45) is 0 Å². The maximum atomic E-state index is 10.9. The first kappa shape index (κ1) is 9.19. The lowest BCUT2D eigenvalue weighted by molar-refractivity contribution is 0.101. The molecule has 1 rings (SSSR count). The number of rotatable bonds is 2. The van der Waals surface area contributed by atoms with Crippen molar-refractivity contribution in [2.45, 2.75) is 6.92 Å². The lowest BCUT2D eigenvalue weighted by atomic mass is 10.2. The van der Waals surface area contributed by atoms with Crippen LogP contribution in [0.15, 0.2) is 16.9 Å². The molecule has 0 aliphatic heterocycles. The minimum absolute atomic E-state index is 0.0201. The summed E-state index contributed by atoms with van der Waals surface area (Å²) in [6.45, 7) is 1.49. The molecular formula is C8H8BrNO2. The fraction of sp³-hybridized carbons (Fsp3) is 0.250. The topological polar surface area (TPSA) is 39.2 Å². The maximum absolute atomic E-state index is 10.9. The summed E-state index contributed by atoms with van der Waals surface area (Å²) < 4.78 is 5.58. The van der Waals surface area contributed by atoms with E-state index in [1.54, 1.807) is 6.07 Å². The molecule has 12 heavy (non-hydrogen) atoms. The van der Waals surface area contributed by atoms with Crippen molar-refractivity contribution in [1.29, 1.82) is 0 Å². The standard InChI is InChI=1S/C8H8BrNO2/c1-5(11)6-3-7(12-2)8(9)10-4-6/h3-4H,1-2H3. The molecule has 0 aliphatic carbocycles. The Morgan fingerprint density at radius 3 is 2.83 bits per heavy atom. The Labute approximate surface area is 78.9 Å². The summed E-state index contributed by atoms with van der Waals surface area (Å²) in [6, 6.07) is 1.65. The molecule has 1 heterocycles. The molecule has 1 aromatic rings. The zero-order chi connectivity index (χ0) is 9.14. The van der Waals surface area contributed by atoms with Gasteiger partial charge in [0.15, 0.2) is 11.5 Å². The first-order valence-electron chi connectivity index (χ1n) is 3.35. The number of carbonyl (C=O) groups is 1. The molecule has 0 aromatic carbocycles. The van der Waals surface area contributed by atoms with Gasteiger partial charge >= 0.3 is 0 Å². The zero-order valence-corrected chi connectivity index (χ0v) is 8.38. The SMILES string of the molecule is COc1cc(C(C)=O)cnc1Br. The quantitative estimate of drug-likeness (QED) is 0.576. The van der Waals surface area contributed by atoms with Gasteiger partial charge in [0.05, 0.1) is 7.11 Å². The van der Waals surface area contributed by atoms with E-state index in [-0.39, 0.29) is 5.78 Å². The second-order valence-electron chi connectivity index (χ2n) is 2.27. The highest BCUT2D eigenvalue weighted by Crippen LogP contribution is 2.22. The van der Waals surface area contributed by atoms with Gasteiger partial charge in [-0.25, -0.2) is 4.98 Å². The lowest BCUT2D eigenvalue weighted by Crippen LogP contribution is -1.95. The molecule has 64 valence electrons. The monoisotopic (exact) mass is 229 g/mol. The number of pyridine rings is 1. The Morgan fingerprint density at radius 1 is 1.67 bits per heavy atom. The Morgan fingerprint density at radius 2 is 2.33 bits per heavy atom. The van der Waals surface area contributed by atoms with Crippen LogP contribution in [-0.4, -0.2) is 17.9 Å². The average molecular weight is 230 g/mol. The van der Waals surface area contributed by atoms with Crippen molar-refractivity contribution in [2.75, 3.05) is 7.11 Å². The molecule has 0 saturated heterocycles. The van der Waals surface area contributed by atoms with E-state index in [9.17, 15) is 4.79 Å². The molecule has 0 radical (unpaired) electrons. The van der Waals surface area contributed by atoms with Gasteiger partial charge in [0.2, 0.25) is 0 Å². The normalized spacial score (nSPS) is 9.58. The highest BCUT2D eigenvalue weighted by molar-refractivity contribution is 9.10. The number of aromatic nitrogens is 1. The van der Waals surface area contributed by atoms with Crippen molar-refractivity contribution < 1.29 is 9.53 Å². The third-order valence-electron chi connectivity index (χ3n) is 1.43. The molecule has 4 heteroatoms. The number of Topliss-reactive ketones (excluding diaryl/α,β-unsaturated/α-hetero) is 1. The predicted molar refractivity (Wildman–Crippen MR) is 48.5 cm³/mol. The van der Waals surface area contributed by atoms with E-state index in [0.29, 0.717) is 15.9 Å². The van der Waals surface area contributed by atoms with Crippen molar-refractivity contribution >= 4 is 21.7 Å². The molecule has 0 fully saturated rings. The third-order valence-corrected chi connectivity index (χ3v) is 2.03. The van der Waals surface area contributed by atoms with Gasteiger partial charge in [-0.2, -0.15) is 0 Å². The van der Waals surface area contributed by atoms with E-state index in [4.69, 9.17) is 4.74 Å². The molecule has 1 aromatic heterocycles. The van der Waals surface area contributed by atoms with Crippen LogP contribution in [0.2, 0.25) is 0 Å². The summed E-state index contributed by atoms with van der Waals surface area (Å²) in [6.07, 6.45) is 1.51. The van der Waals surface area contributed by atoms with Crippen LogP contribution in [0.5, 0.6) is 5.75 Å². The van der Waals surface area contributed by atoms with Crippen LogP contribution in [0.1, 0.15) is 17.3 Å². The van der Waals surface area contributed by atoms with Gasteiger partial charge in [-0.05, 0) is 28.9 Å². The molecule has 0 saturated carbocycles. The van der Waals surface area contributed by atoms with Gasteiger partial charge in [0, 0.05) is 11.8 Å². The summed E-state index contributed by atoms with van der Waals surface area (Å²) in [5, 5.41) is 0. The summed E-state index contributed by atoms with van der Waals surface area (Å²) in [5.74, 6) is 0.552. The number of nitrogens with zero attached hydrogens (tertiary/aromatic N) is 1. The van der Waals surface area contributed by atoms with E-state index >= 15 is 0 Å². The van der Waals surface area contributed by atoms with Gasteiger partial charge < -0.3 is 4.74 Å². The lowest BCUT2D eigenvalue weighted by Gasteiger charge is -2.02. The third kappa shape index (κ3) is 1.82. The number of carbonyl (C=O) groups excluding carboxylic acids is 1. The Bertz CT molecular complexity index is 312. The number of ether oxygens (including phenoxy) is 1. The molecule has 0 unspecified atom stereocenters. The van der Waals surface area contributed by atoms with Crippen LogP contribution >= 0.6 is 15.9 Å². The van der Waals surface area contributed by atoms with Crippen LogP contribution in [0.4, 0.5) is 0 Å². The average Bonchev–Trinajstić information content (AvgIpc) is 2.05. The van der Waals surface area contributed by atoms with Gasteiger partial charge in [-0.3, -0.25) is 4.79 Å². The van der Waals surface area contributed by atoms with Crippen molar-refractivity contribution in [3.05, 3.63) is 22.4 Å². The van der Waals surface area contributed by atoms with Gasteiger partial charge in [0.1, 0.15) is 4.60 Å². The molecule has 0 aliphatic rings. The highest BCUT2D eigenvalue weighted by Gasteiger charge is 2.05. The molecule has 0 amide bonds. The summed E-state index contributed by atoms with van der Waals surface area (Å²) in [5.41, 5.74) is 0.551. The summed E-state index contributed by atoms with van der Waals surface area (Å²) in [4.78, 5) is 14.9. The van der Waals surface area contributed by atoms with Crippen LogP contribution in [0, 0.1) is 0 Å². The largest absolute Gasteiger partial charge is 0.494 e. The van der Waals surface area contributed by atoms with Gasteiger partial charge in [-0.15, -0.1) is 0 Å². The molecule has 0 atom stereocenters. The van der Waals surface area contributed by atoms with Crippen LogP contribution in [0.25, 0.3) is 0 Å². The number of ketones is 1. The molecule has 0 spiro atoms. The summed E-state index contributed by atoms with van der Waals surface area (Å²) in [7, 11) is 1.53. The minimum Gasteiger partial charge on any atom is -0.494 e. The number of halogens is 1. The second kappa shape index (κ2) is 3.67. The number of methoxy groups -OCH3 is 1. The van der Waals surface area contributed by atoms with Gasteiger partial charge in [-0.1, -0.05) is 0 Å². The van der Waals surface area contributed by atoms with Crippen molar-refractivity contribution in [1.82, 2.24) is 4.98 Å². The minimum atomic E-state index is -0.0201. The number of hydrogen-bond donors (Lipinski definition) is 0. The fourth-order valence-electron chi connectivity index (χ4n) is 0.764. The molecular weight excluding hydrogens is 222 g/mol. The highest BCUT2D eigenvalue weighted by atomic mass is 79.9. The first-order valence-corrected chi connectivity index (χ1v) is 4.15. The second-order valence-corrected chi connectivity index (χ2v) is 3.02. The van der Waals surface area contributed by atoms with Crippen molar-refractivity contribution in [3.63, 3.8) is 0 Å². The number of hydrogen-bond acceptors (Lipinski definition) is 3.